The molecule has 6 nitrogen and oxygen atoms in total. The predicted octanol–water partition coefficient (Wildman–Crippen LogP) is 0.554. The van der Waals surface area contributed by atoms with Gasteiger partial charge in [0.1, 0.15) is 14.8 Å². The molecule has 0 unspecified atom stereocenters. The molecular weight excluding hydrogens is 274 g/mol. The van der Waals surface area contributed by atoms with E-state index >= 15 is 0 Å². The van der Waals surface area contributed by atoms with Gasteiger partial charge in [-0.05, 0) is 13.8 Å². The molecule has 0 bridgehead atoms. The number of nitrogens with zero attached hydrogens (tertiary/aromatic N) is 2. The van der Waals surface area contributed by atoms with Crippen LogP contribution in [0.5, 0.6) is 0 Å². The van der Waals surface area contributed by atoms with Crippen molar-refractivity contribution in [2.24, 2.45) is 0 Å². The monoisotopic (exact) mass is 293 g/mol. The van der Waals surface area contributed by atoms with Gasteiger partial charge in [-0.2, -0.15) is 0 Å². The third-order valence-electron chi connectivity index (χ3n) is 2.67. The zero-order chi connectivity index (χ0) is 13.8. The maximum Gasteiger partial charge on any atom is 0.159 e. The highest BCUT2D eigenvalue weighted by Crippen LogP contribution is 2.30. The summed E-state index contributed by atoms with van der Waals surface area (Å²) in [7, 11) is -1.57. The van der Waals surface area contributed by atoms with Crippen LogP contribution < -0.4 is 5.32 Å². The Balaban J connectivity index is 2.69. The van der Waals surface area contributed by atoms with Gasteiger partial charge in [0, 0.05) is 26.5 Å². The smallest absolute Gasteiger partial charge is 0.159 e. The molecule has 0 aliphatic heterocycles. The van der Waals surface area contributed by atoms with Gasteiger partial charge in [-0.25, -0.2) is 8.42 Å². The molecule has 0 amide bonds. The van der Waals surface area contributed by atoms with Crippen molar-refractivity contribution in [1.82, 2.24) is 15.5 Å². The Labute approximate surface area is 112 Å². The topological polar surface area (TPSA) is 81.2 Å². The summed E-state index contributed by atoms with van der Waals surface area (Å²) in [5.74, 6) is 0. The molecule has 0 atom stereocenters. The van der Waals surface area contributed by atoms with E-state index in [4.69, 9.17) is 4.74 Å². The van der Waals surface area contributed by atoms with Crippen LogP contribution in [0.1, 0.15) is 23.9 Å². The molecule has 1 aromatic rings. The lowest BCUT2D eigenvalue weighted by Gasteiger charge is -2.18. The van der Waals surface area contributed by atoms with Crippen LogP contribution in [0, 0.1) is 0 Å². The summed E-state index contributed by atoms with van der Waals surface area (Å²) in [6.45, 7) is 5.21. The second kappa shape index (κ2) is 6.05. The van der Waals surface area contributed by atoms with Gasteiger partial charge in [0.05, 0.1) is 6.61 Å². The van der Waals surface area contributed by atoms with E-state index in [1.54, 1.807) is 21.0 Å². The van der Waals surface area contributed by atoms with Gasteiger partial charge in [0.15, 0.2) is 9.84 Å². The summed E-state index contributed by atoms with van der Waals surface area (Å²) < 4.78 is 27.3. The molecule has 0 saturated carbocycles. The molecule has 0 aliphatic carbocycles. The van der Waals surface area contributed by atoms with E-state index < -0.39 is 14.6 Å². The zero-order valence-electron chi connectivity index (χ0n) is 11.1. The molecule has 0 radical (unpaired) electrons. The van der Waals surface area contributed by atoms with Crippen LogP contribution >= 0.6 is 11.3 Å². The first-order valence-corrected chi connectivity index (χ1v) is 8.22. The van der Waals surface area contributed by atoms with Gasteiger partial charge in [0.25, 0.3) is 0 Å². The van der Waals surface area contributed by atoms with Crippen LogP contribution in [0.4, 0.5) is 0 Å². The average molecular weight is 293 g/mol. The molecule has 0 spiro atoms. The summed E-state index contributed by atoms with van der Waals surface area (Å²) in [6.07, 6.45) is 1.21. The van der Waals surface area contributed by atoms with Crippen molar-refractivity contribution < 1.29 is 13.2 Å². The van der Waals surface area contributed by atoms with Crippen molar-refractivity contribution in [3.8, 4) is 0 Å². The summed E-state index contributed by atoms with van der Waals surface area (Å²) >= 11 is 1.32. The van der Waals surface area contributed by atoms with Gasteiger partial charge < -0.3 is 10.1 Å². The van der Waals surface area contributed by atoms with E-state index in [0.717, 1.165) is 11.6 Å². The maximum absolute atomic E-state index is 11.7. The minimum atomic E-state index is -3.20. The average Bonchev–Trinajstić information content (AvgIpc) is 2.72. The van der Waals surface area contributed by atoms with Crippen LogP contribution in [0.25, 0.3) is 0 Å². The summed E-state index contributed by atoms with van der Waals surface area (Å²) in [5, 5.41) is 12.4. The number of rotatable bonds is 7. The first-order chi connectivity index (χ1) is 8.29. The van der Waals surface area contributed by atoms with Crippen molar-refractivity contribution in [2.45, 2.75) is 25.1 Å². The van der Waals surface area contributed by atoms with Crippen LogP contribution in [0.15, 0.2) is 0 Å². The Morgan fingerprint density at radius 1 is 1.39 bits per heavy atom. The minimum absolute atomic E-state index is 0.522. The van der Waals surface area contributed by atoms with Gasteiger partial charge in [-0.15, -0.1) is 10.2 Å². The Bertz CT molecular complexity index is 482. The molecule has 1 aromatic heterocycles. The van der Waals surface area contributed by atoms with Crippen molar-refractivity contribution in [2.75, 3.05) is 26.5 Å². The fraction of sp³-hybridized carbons (Fsp3) is 0.800. The van der Waals surface area contributed by atoms with Crippen LogP contribution in [0.2, 0.25) is 0 Å². The molecule has 0 aliphatic rings. The standard InChI is InChI=1S/C10H19N3O3S2/c1-10(2,18(4,14)15)9-13-12-8(17-9)7-11-5-6-16-3/h11H,5-7H2,1-4H3. The number of ether oxygens (including phenoxy) is 1. The molecule has 104 valence electrons. The first-order valence-electron chi connectivity index (χ1n) is 5.51. The van der Waals surface area contributed by atoms with E-state index in [1.165, 1.54) is 17.6 Å². The largest absolute Gasteiger partial charge is 0.383 e. The van der Waals surface area contributed by atoms with Crippen LogP contribution in [-0.4, -0.2) is 45.1 Å². The second-order valence-corrected chi connectivity index (χ2v) is 8.08. The molecule has 0 saturated heterocycles. The number of aromatic nitrogens is 2. The Kier molecular flexibility index (Phi) is 5.20. The number of sulfone groups is 1. The van der Waals surface area contributed by atoms with E-state index in [2.05, 4.69) is 15.5 Å². The van der Waals surface area contributed by atoms with E-state index in [1.807, 2.05) is 0 Å². The quantitative estimate of drug-likeness (QED) is 0.740. The third kappa shape index (κ3) is 3.71. The molecule has 1 heterocycles. The maximum atomic E-state index is 11.7. The highest BCUT2D eigenvalue weighted by molar-refractivity contribution is 7.91. The molecule has 8 heteroatoms. The lowest BCUT2D eigenvalue weighted by molar-refractivity contribution is 0.199. The Hall–Kier alpha value is -0.570. The highest BCUT2D eigenvalue weighted by Gasteiger charge is 2.35. The van der Waals surface area contributed by atoms with Crippen molar-refractivity contribution in [3.05, 3.63) is 10.0 Å². The van der Waals surface area contributed by atoms with Crippen molar-refractivity contribution in [3.63, 3.8) is 0 Å². The summed E-state index contributed by atoms with van der Waals surface area (Å²) in [4.78, 5) is 0. The number of methoxy groups -OCH3 is 1. The summed E-state index contributed by atoms with van der Waals surface area (Å²) in [6, 6.07) is 0. The molecule has 1 N–H and O–H groups in total. The zero-order valence-corrected chi connectivity index (χ0v) is 12.7. The second-order valence-electron chi connectivity index (χ2n) is 4.45. The Morgan fingerprint density at radius 3 is 2.61 bits per heavy atom. The molecular formula is C10H19N3O3S2. The van der Waals surface area contributed by atoms with Gasteiger partial charge >= 0.3 is 0 Å². The number of hydrogen-bond acceptors (Lipinski definition) is 7. The van der Waals surface area contributed by atoms with E-state index in [0.29, 0.717) is 18.2 Å². The fourth-order valence-electron chi connectivity index (χ4n) is 1.10. The van der Waals surface area contributed by atoms with Crippen LogP contribution in [-0.2, 0) is 25.9 Å². The minimum Gasteiger partial charge on any atom is -0.383 e. The predicted molar refractivity (Wildman–Crippen MR) is 71.4 cm³/mol. The van der Waals surface area contributed by atoms with Gasteiger partial charge in [0.2, 0.25) is 0 Å². The van der Waals surface area contributed by atoms with Gasteiger partial charge in [-0.3, -0.25) is 0 Å². The number of hydrogen-bond donors (Lipinski definition) is 1. The highest BCUT2D eigenvalue weighted by atomic mass is 32.2. The van der Waals surface area contributed by atoms with E-state index in [-0.39, 0.29) is 0 Å². The number of nitrogens with one attached hydrogen (secondary N) is 1. The van der Waals surface area contributed by atoms with Crippen molar-refractivity contribution >= 4 is 21.2 Å². The van der Waals surface area contributed by atoms with Crippen LogP contribution in [0.3, 0.4) is 0 Å². The summed E-state index contributed by atoms with van der Waals surface area (Å²) in [5.41, 5.74) is 0. The van der Waals surface area contributed by atoms with Gasteiger partial charge in [-0.1, -0.05) is 11.3 Å². The lowest BCUT2D eigenvalue weighted by atomic mass is 10.2. The fourth-order valence-corrected chi connectivity index (χ4v) is 2.84. The SMILES string of the molecule is COCCNCc1nnc(C(C)(C)S(C)(=O)=O)s1. The lowest BCUT2D eigenvalue weighted by Crippen LogP contribution is -2.27. The first kappa shape index (κ1) is 15.5. The third-order valence-corrected chi connectivity index (χ3v) is 6.09. The normalized spacial score (nSPS) is 12.9. The molecule has 0 aromatic carbocycles. The molecule has 18 heavy (non-hydrogen) atoms. The molecule has 0 fully saturated rings. The Morgan fingerprint density at radius 2 is 2.06 bits per heavy atom. The van der Waals surface area contributed by atoms with E-state index in [9.17, 15) is 8.42 Å². The molecule has 1 rings (SSSR count). The van der Waals surface area contributed by atoms with Crippen molar-refractivity contribution in [1.29, 1.82) is 0 Å².